The van der Waals surface area contributed by atoms with Gasteiger partial charge in [-0.3, -0.25) is 9.78 Å². The third-order valence-corrected chi connectivity index (χ3v) is 3.72. The number of carbonyl (C=O) groups is 1. The van der Waals surface area contributed by atoms with Crippen molar-refractivity contribution in [3.8, 4) is 0 Å². The molecule has 23 heavy (non-hydrogen) atoms. The van der Waals surface area contributed by atoms with Crippen LogP contribution in [0, 0.1) is 5.82 Å². The van der Waals surface area contributed by atoms with Gasteiger partial charge in [-0.05, 0) is 61.4 Å². The van der Waals surface area contributed by atoms with Crippen LogP contribution in [-0.4, -0.2) is 17.4 Å². The van der Waals surface area contributed by atoms with Crippen LogP contribution in [0.4, 0.5) is 4.39 Å². The quantitative estimate of drug-likeness (QED) is 0.717. The summed E-state index contributed by atoms with van der Waals surface area (Å²) in [5.41, 5.74) is 2.31. The van der Waals surface area contributed by atoms with Gasteiger partial charge in [0.05, 0.1) is 0 Å². The van der Waals surface area contributed by atoms with Gasteiger partial charge in [0.25, 0.3) is 0 Å². The van der Waals surface area contributed by atoms with Gasteiger partial charge in [-0.2, -0.15) is 0 Å². The Balaban J connectivity index is 1.51. The van der Waals surface area contributed by atoms with Gasteiger partial charge in [0, 0.05) is 25.4 Å². The van der Waals surface area contributed by atoms with E-state index in [1.807, 2.05) is 18.3 Å². The molecule has 0 unspecified atom stereocenters. The van der Waals surface area contributed by atoms with Crippen molar-refractivity contribution < 1.29 is 9.18 Å². The minimum Gasteiger partial charge on any atom is -0.356 e. The lowest BCUT2D eigenvalue weighted by atomic mass is 10.1. The molecule has 0 bridgehead atoms. The number of rotatable bonds is 9. The highest BCUT2D eigenvalue weighted by molar-refractivity contribution is 5.75. The zero-order chi connectivity index (χ0) is 16.3. The smallest absolute Gasteiger partial charge is 0.219 e. The third-order valence-electron chi connectivity index (χ3n) is 3.72. The molecule has 1 aromatic heterocycles. The number of benzene rings is 1. The molecule has 4 heteroatoms. The van der Waals surface area contributed by atoms with Crippen LogP contribution in [0.5, 0.6) is 0 Å². The van der Waals surface area contributed by atoms with E-state index >= 15 is 0 Å². The minimum absolute atomic E-state index is 0.107. The number of pyridine rings is 1. The number of hydrogen-bond acceptors (Lipinski definition) is 2. The van der Waals surface area contributed by atoms with Crippen molar-refractivity contribution in [2.45, 2.75) is 38.5 Å². The van der Waals surface area contributed by atoms with Crippen molar-refractivity contribution in [1.82, 2.24) is 10.3 Å². The molecule has 0 saturated carbocycles. The Morgan fingerprint density at radius 1 is 1.00 bits per heavy atom. The van der Waals surface area contributed by atoms with E-state index in [4.69, 9.17) is 0 Å². The molecule has 0 saturated heterocycles. The lowest BCUT2D eigenvalue weighted by Crippen LogP contribution is -2.24. The van der Waals surface area contributed by atoms with Crippen molar-refractivity contribution in [3.63, 3.8) is 0 Å². The topological polar surface area (TPSA) is 42.0 Å². The van der Waals surface area contributed by atoms with E-state index < -0.39 is 0 Å². The SMILES string of the molecule is O=C(CCCCc1ccc(F)cc1)NCCCc1cccnc1. The number of hydrogen-bond donors (Lipinski definition) is 1. The fourth-order valence-electron chi connectivity index (χ4n) is 2.42. The first-order chi connectivity index (χ1) is 11.2. The van der Waals surface area contributed by atoms with E-state index in [0.717, 1.165) is 37.7 Å². The molecule has 122 valence electrons. The summed E-state index contributed by atoms with van der Waals surface area (Å²) in [6, 6.07) is 10.5. The van der Waals surface area contributed by atoms with E-state index in [-0.39, 0.29) is 11.7 Å². The van der Waals surface area contributed by atoms with E-state index in [0.29, 0.717) is 13.0 Å². The first-order valence-corrected chi connectivity index (χ1v) is 8.14. The van der Waals surface area contributed by atoms with Gasteiger partial charge in [-0.15, -0.1) is 0 Å². The van der Waals surface area contributed by atoms with Gasteiger partial charge in [0.1, 0.15) is 5.82 Å². The van der Waals surface area contributed by atoms with Gasteiger partial charge in [0.15, 0.2) is 0 Å². The maximum atomic E-state index is 12.8. The predicted octanol–water partition coefficient (Wildman–Crippen LogP) is 3.68. The fraction of sp³-hybridized carbons (Fsp3) is 0.368. The standard InChI is InChI=1S/C19H23FN2O/c20-18-11-9-16(10-12-18)5-1-2-8-19(23)22-14-4-7-17-6-3-13-21-15-17/h3,6,9-13,15H,1-2,4-5,7-8,14H2,(H,22,23). The molecule has 0 aliphatic carbocycles. The molecule has 0 spiro atoms. The summed E-state index contributed by atoms with van der Waals surface area (Å²) in [6.07, 6.45) is 8.70. The second kappa shape index (κ2) is 9.72. The highest BCUT2D eigenvalue weighted by Gasteiger charge is 2.01. The van der Waals surface area contributed by atoms with Crippen molar-refractivity contribution in [2.24, 2.45) is 0 Å². The lowest BCUT2D eigenvalue weighted by Gasteiger charge is -2.05. The molecule has 2 aromatic rings. The first kappa shape index (κ1) is 17.1. The Kier molecular flexibility index (Phi) is 7.24. The van der Waals surface area contributed by atoms with Crippen molar-refractivity contribution >= 4 is 5.91 Å². The summed E-state index contributed by atoms with van der Waals surface area (Å²) in [7, 11) is 0. The summed E-state index contributed by atoms with van der Waals surface area (Å²) in [6.45, 7) is 0.700. The van der Waals surface area contributed by atoms with Crippen LogP contribution in [0.15, 0.2) is 48.8 Å². The average Bonchev–Trinajstić information content (AvgIpc) is 2.58. The molecule has 0 fully saturated rings. The number of nitrogens with zero attached hydrogens (tertiary/aromatic N) is 1. The molecule has 3 nitrogen and oxygen atoms in total. The molecule has 2 rings (SSSR count). The highest BCUT2D eigenvalue weighted by atomic mass is 19.1. The van der Waals surface area contributed by atoms with Gasteiger partial charge in [-0.1, -0.05) is 18.2 Å². The van der Waals surface area contributed by atoms with E-state index in [1.165, 1.54) is 17.7 Å². The van der Waals surface area contributed by atoms with E-state index in [1.54, 1.807) is 18.3 Å². The van der Waals surface area contributed by atoms with Gasteiger partial charge in [-0.25, -0.2) is 4.39 Å². The highest BCUT2D eigenvalue weighted by Crippen LogP contribution is 2.08. The predicted molar refractivity (Wildman–Crippen MR) is 89.5 cm³/mol. The van der Waals surface area contributed by atoms with E-state index in [2.05, 4.69) is 10.3 Å². The van der Waals surface area contributed by atoms with Gasteiger partial charge in [0.2, 0.25) is 5.91 Å². The summed E-state index contributed by atoms with van der Waals surface area (Å²) in [5, 5.41) is 2.95. The molecular weight excluding hydrogens is 291 g/mol. The number of amides is 1. The largest absolute Gasteiger partial charge is 0.356 e. The molecule has 0 aliphatic heterocycles. The van der Waals surface area contributed by atoms with Gasteiger partial charge < -0.3 is 5.32 Å². The fourth-order valence-corrected chi connectivity index (χ4v) is 2.42. The van der Waals surface area contributed by atoms with Crippen LogP contribution in [0.25, 0.3) is 0 Å². The summed E-state index contributed by atoms with van der Waals surface area (Å²) in [4.78, 5) is 15.8. The third kappa shape index (κ3) is 7.04. The van der Waals surface area contributed by atoms with Gasteiger partial charge >= 0.3 is 0 Å². The normalized spacial score (nSPS) is 10.5. The van der Waals surface area contributed by atoms with Crippen LogP contribution in [0.2, 0.25) is 0 Å². The lowest BCUT2D eigenvalue weighted by molar-refractivity contribution is -0.121. The number of aryl methyl sites for hydroxylation is 2. The number of halogens is 1. The van der Waals surface area contributed by atoms with Crippen LogP contribution in [0.1, 0.15) is 36.8 Å². The molecule has 1 N–H and O–H groups in total. The molecule has 1 amide bonds. The molecule has 0 atom stereocenters. The Hall–Kier alpha value is -2.23. The Morgan fingerprint density at radius 2 is 1.78 bits per heavy atom. The second-order valence-corrected chi connectivity index (χ2v) is 5.65. The first-order valence-electron chi connectivity index (χ1n) is 8.14. The van der Waals surface area contributed by atoms with Crippen molar-refractivity contribution in [1.29, 1.82) is 0 Å². The Labute approximate surface area is 137 Å². The molecule has 1 heterocycles. The maximum absolute atomic E-state index is 12.8. The number of unbranched alkanes of at least 4 members (excludes halogenated alkanes) is 1. The number of aromatic nitrogens is 1. The molecule has 0 radical (unpaired) electrons. The molecule has 0 aliphatic rings. The minimum atomic E-state index is -0.209. The van der Waals surface area contributed by atoms with Crippen LogP contribution < -0.4 is 5.32 Å². The zero-order valence-corrected chi connectivity index (χ0v) is 13.3. The number of carbonyl (C=O) groups excluding carboxylic acids is 1. The average molecular weight is 314 g/mol. The summed E-state index contributed by atoms with van der Waals surface area (Å²) < 4.78 is 12.8. The number of nitrogens with one attached hydrogen (secondary N) is 1. The van der Waals surface area contributed by atoms with Crippen LogP contribution in [0.3, 0.4) is 0 Å². The van der Waals surface area contributed by atoms with Crippen molar-refractivity contribution in [2.75, 3.05) is 6.54 Å². The molecular formula is C19H23FN2O. The van der Waals surface area contributed by atoms with E-state index in [9.17, 15) is 9.18 Å². The second-order valence-electron chi connectivity index (χ2n) is 5.65. The summed E-state index contributed by atoms with van der Waals surface area (Å²) >= 11 is 0. The van der Waals surface area contributed by atoms with Crippen LogP contribution >= 0.6 is 0 Å². The Bertz CT molecular complexity index is 584. The van der Waals surface area contributed by atoms with Crippen LogP contribution in [-0.2, 0) is 17.6 Å². The molecule has 1 aromatic carbocycles. The maximum Gasteiger partial charge on any atom is 0.219 e. The zero-order valence-electron chi connectivity index (χ0n) is 13.3. The van der Waals surface area contributed by atoms with Crippen molar-refractivity contribution in [3.05, 3.63) is 65.7 Å². The summed E-state index contributed by atoms with van der Waals surface area (Å²) in [5.74, 6) is -0.102. The monoisotopic (exact) mass is 314 g/mol. The Morgan fingerprint density at radius 3 is 2.52 bits per heavy atom.